The summed E-state index contributed by atoms with van der Waals surface area (Å²) in [5.41, 5.74) is 2.70. The fourth-order valence-electron chi connectivity index (χ4n) is 3.90. The maximum atomic E-state index is 4.64. The number of thiazole rings is 1. The highest BCUT2D eigenvalue weighted by atomic mass is 32.1. The van der Waals surface area contributed by atoms with Crippen molar-refractivity contribution in [1.82, 2.24) is 9.88 Å². The van der Waals surface area contributed by atoms with Crippen LogP contribution in [-0.4, -0.2) is 29.5 Å². The van der Waals surface area contributed by atoms with Gasteiger partial charge in [-0.25, -0.2) is 4.98 Å². The van der Waals surface area contributed by atoms with E-state index in [0.717, 1.165) is 23.7 Å². The summed E-state index contributed by atoms with van der Waals surface area (Å²) in [5.74, 6) is 0. The second kappa shape index (κ2) is 7.58. The summed E-state index contributed by atoms with van der Waals surface area (Å²) in [6.07, 6.45) is 3.62. The zero-order chi connectivity index (χ0) is 18.1. The van der Waals surface area contributed by atoms with Gasteiger partial charge in [0.15, 0.2) is 5.13 Å². The monoisotopic (exact) mass is 393 g/mol. The van der Waals surface area contributed by atoms with Crippen LogP contribution in [0.15, 0.2) is 48.5 Å². The third-order valence-electron chi connectivity index (χ3n) is 5.30. The molecule has 0 unspecified atom stereocenters. The number of aromatic nitrogens is 1. The summed E-state index contributed by atoms with van der Waals surface area (Å²) in [6, 6.07) is 17.2. The van der Waals surface area contributed by atoms with Crippen molar-refractivity contribution in [2.45, 2.75) is 25.8 Å². The Kier molecular flexibility index (Phi) is 4.82. The largest absolute Gasteiger partial charge is 0.361 e. The second-order valence-corrected chi connectivity index (χ2v) is 9.31. The number of fused-ring (bicyclic) bond motifs is 4. The number of thiophene rings is 1. The van der Waals surface area contributed by atoms with Crippen molar-refractivity contribution in [3.05, 3.63) is 59.0 Å². The maximum absolute atomic E-state index is 4.64. The summed E-state index contributed by atoms with van der Waals surface area (Å²) in [7, 11) is 0. The summed E-state index contributed by atoms with van der Waals surface area (Å²) in [4.78, 5) is 8.84. The molecule has 5 heteroatoms. The van der Waals surface area contributed by atoms with E-state index in [2.05, 4.69) is 57.7 Å². The molecule has 0 atom stereocenters. The van der Waals surface area contributed by atoms with Crippen molar-refractivity contribution < 1.29 is 0 Å². The fraction of sp³-hybridized carbons (Fsp3) is 0.318. The van der Waals surface area contributed by atoms with Gasteiger partial charge in [0.2, 0.25) is 0 Å². The molecule has 0 amide bonds. The fourth-order valence-corrected chi connectivity index (χ4v) is 6.08. The lowest BCUT2D eigenvalue weighted by atomic mass is 10.0. The normalized spacial score (nSPS) is 14.7. The third-order valence-corrected chi connectivity index (χ3v) is 7.49. The topological polar surface area (TPSA) is 28.2 Å². The van der Waals surface area contributed by atoms with E-state index in [4.69, 9.17) is 0 Å². The van der Waals surface area contributed by atoms with Crippen LogP contribution in [0.4, 0.5) is 5.13 Å². The number of benzene rings is 2. The van der Waals surface area contributed by atoms with Crippen LogP contribution >= 0.6 is 22.7 Å². The van der Waals surface area contributed by atoms with Gasteiger partial charge in [0.05, 0.1) is 10.2 Å². The minimum atomic E-state index is 1.00. The van der Waals surface area contributed by atoms with E-state index >= 15 is 0 Å². The van der Waals surface area contributed by atoms with Crippen molar-refractivity contribution in [2.24, 2.45) is 0 Å². The van der Waals surface area contributed by atoms with E-state index < -0.39 is 0 Å². The van der Waals surface area contributed by atoms with Gasteiger partial charge in [-0.05, 0) is 55.0 Å². The molecule has 2 aromatic carbocycles. The summed E-state index contributed by atoms with van der Waals surface area (Å²) >= 11 is 3.73. The highest BCUT2D eigenvalue weighted by Crippen LogP contribution is 2.35. The first-order valence-corrected chi connectivity index (χ1v) is 11.3. The Bertz CT molecular complexity index is 1030. The van der Waals surface area contributed by atoms with E-state index in [1.54, 1.807) is 21.8 Å². The van der Waals surface area contributed by atoms with Crippen LogP contribution in [0, 0.1) is 0 Å². The van der Waals surface area contributed by atoms with Crippen molar-refractivity contribution in [1.29, 1.82) is 0 Å². The first-order chi connectivity index (χ1) is 13.4. The minimum Gasteiger partial charge on any atom is -0.361 e. The average molecular weight is 394 g/mol. The summed E-state index contributed by atoms with van der Waals surface area (Å²) < 4.78 is 2.71. The molecule has 0 saturated carbocycles. The average Bonchev–Trinajstić information content (AvgIpc) is 3.28. The van der Waals surface area contributed by atoms with Gasteiger partial charge in [0.25, 0.3) is 0 Å². The summed E-state index contributed by atoms with van der Waals surface area (Å²) in [5, 5.41) is 6.03. The molecule has 0 spiro atoms. The Hall–Kier alpha value is -1.95. The van der Waals surface area contributed by atoms with Crippen molar-refractivity contribution in [2.75, 3.05) is 25.0 Å². The molecule has 0 bridgehead atoms. The lowest BCUT2D eigenvalue weighted by Crippen LogP contribution is -2.30. The molecule has 1 aliphatic heterocycles. The van der Waals surface area contributed by atoms with Crippen molar-refractivity contribution in [3.8, 4) is 0 Å². The van der Waals surface area contributed by atoms with E-state index in [1.807, 2.05) is 17.4 Å². The maximum Gasteiger partial charge on any atom is 0.183 e. The van der Waals surface area contributed by atoms with Crippen LogP contribution in [0.5, 0.6) is 0 Å². The highest BCUT2D eigenvalue weighted by Gasteiger charge is 2.20. The van der Waals surface area contributed by atoms with E-state index in [9.17, 15) is 0 Å². The van der Waals surface area contributed by atoms with Gasteiger partial charge >= 0.3 is 0 Å². The highest BCUT2D eigenvalue weighted by molar-refractivity contribution is 7.22. The minimum absolute atomic E-state index is 1.00. The number of rotatable bonds is 6. The number of hydrogen-bond donors (Lipinski definition) is 1. The van der Waals surface area contributed by atoms with Crippen molar-refractivity contribution in [3.63, 3.8) is 0 Å². The molecule has 2 aromatic heterocycles. The predicted molar refractivity (Wildman–Crippen MR) is 118 cm³/mol. The molecule has 5 rings (SSSR count). The molecular formula is C22H23N3S2. The molecule has 0 aliphatic carbocycles. The number of nitrogens with zero attached hydrogens (tertiary/aromatic N) is 2. The third kappa shape index (κ3) is 3.59. The molecule has 138 valence electrons. The predicted octanol–water partition coefficient (Wildman–Crippen LogP) is 5.76. The van der Waals surface area contributed by atoms with E-state index in [0.29, 0.717) is 0 Å². The molecule has 27 heavy (non-hydrogen) atoms. The number of unbranched alkanes of at least 4 members (excludes halogenated alkanes) is 1. The number of nitrogens with one attached hydrogen (secondary N) is 1. The van der Waals surface area contributed by atoms with Gasteiger partial charge in [0.1, 0.15) is 0 Å². The Morgan fingerprint density at radius 3 is 2.74 bits per heavy atom. The number of hydrogen-bond acceptors (Lipinski definition) is 5. The van der Waals surface area contributed by atoms with Crippen LogP contribution in [0.25, 0.3) is 20.3 Å². The van der Waals surface area contributed by atoms with Gasteiger partial charge in [-0.2, -0.15) is 0 Å². The Morgan fingerprint density at radius 2 is 1.81 bits per heavy atom. The molecule has 1 aliphatic rings. The van der Waals surface area contributed by atoms with E-state index in [-0.39, 0.29) is 0 Å². The number of anilines is 1. The van der Waals surface area contributed by atoms with Crippen LogP contribution in [0.1, 0.15) is 23.3 Å². The van der Waals surface area contributed by atoms with Crippen molar-refractivity contribution >= 4 is 48.1 Å². The van der Waals surface area contributed by atoms with Crippen LogP contribution in [0.2, 0.25) is 0 Å². The smallest absolute Gasteiger partial charge is 0.183 e. The molecule has 0 fully saturated rings. The Balaban J connectivity index is 1.10. The van der Waals surface area contributed by atoms with Crippen LogP contribution < -0.4 is 5.32 Å². The second-order valence-electron chi connectivity index (χ2n) is 7.15. The molecule has 1 N–H and O–H groups in total. The molecule has 0 radical (unpaired) electrons. The quantitative estimate of drug-likeness (QED) is 0.422. The standard InChI is InChI=1S/C22H23N3S2/c1-3-9-19-16(7-1)17-11-14-25(15-21(17)26-19)13-6-5-12-23-22-24-18-8-2-4-10-20(18)27-22/h1-4,7-10H,5-6,11-15H2,(H,23,24). The zero-order valence-electron chi connectivity index (χ0n) is 15.3. The molecule has 4 aromatic rings. The zero-order valence-corrected chi connectivity index (χ0v) is 16.9. The van der Waals surface area contributed by atoms with E-state index in [1.165, 1.54) is 47.1 Å². The van der Waals surface area contributed by atoms with Gasteiger partial charge in [-0.3, -0.25) is 4.90 Å². The summed E-state index contributed by atoms with van der Waals surface area (Å²) in [6.45, 7) is 4.51. The van der Waals surface area contributed by atoms with Gasteiger partial charge in [-0.1, -0.05) is 41.7 Å². The van der Waals surface area contributed by atoms with Crippen LogP contribution in [-0.2, 0) is 13.0 Å². The number of para-hydroxylation sites is 1. The Labute approximate surface area is 167 Å². The van der Waals surface area contributed by atoms with Crippen LogP contribution in [0.3, 0.4) is 0 Å². The lowest BCUT2D eigenvalue weighted by molar-refractivity contribution is 0.253. The molecular weight excluding hydrogens is 370 g/mol. The van der Waals surface area contributed by atoms with Gasteiger partial charge in [0, 0.05) is 29.2 Å². The first kappa shape index (κ1) is 17.2. The van der Waals surface area contributed by atoms with Gasteiger partial charge in [-0.15, -0.1) is 11.3 Å². The molecule has 0 saturated heterocycles. The van der Waals surface area contributed by atoms with Gasteiger partial charge < -0.3 is 5.32 Å². The molecule has 3 heterocycles. The lowest BCUT2D eigenvalue weighted by Gasteiger charge is -2.26. The SMILES string of the molecule is c1ccc2sc(NCCCCN3CCc4c(sc5ccccc45)C3)nc2c1. The Morgan fingerprint density at radius 1 is 0.963 bits per heavy atom. The molecule has 3 nitrogen and oxygen atoms in total. The first-order valence-electron chi connectivity index (χ1n) is 9.68.